The number of hydrogen-bond donors (Lipinski definition) is 3. The summed E-state index contributed by atoms with van der Waals surface area (Å²) in [6.45, 7) is 1.48. The van der Waals surface area contributed by atoms with E-state index in [1.54, 1.807) is 11.8 Å². The van der Waals surface area contributed by atoms with Crippen molar-refractivity contribution in [2.75, 3.05) is 18.0 Å². The Morgan fingerprint density at radius 1 is 1.06 bits per heavy atom. The summed E-state index contributed by atoms with van der Waals surface area (Å²) in [5, 5.41) is 25.0. The molecular formula is C27H35N3O4S. The van der Waals surface area contributed by atoms with Crippen molar-refractivity contribution in [1.82, 2.24) is 10.3 Å². The Morgan fingerprint density at radius 2 is 1.74 bits per heavy atom. The standard InChI is InChI=1S/C27H35N3O4S/c31-24(29-23-15-7-14-8-16(23)11-27(34,9-14)10-15)18-5-6-21(28-25(18)35-17-3-1-2-4-17)30-12-19-20(13-30)22(19)26(32)33/h5-6,14-17,19-20,22-23,34H,1-4,7-13H2,(H,29,31)(H,32,33)/t14?,15?,16?,19-,20+,22?,23-,27+. The molecule has 4 bridgehead atoms. The number of hydrogen-bond acceptors (Lipinski definition) is 6. The predicted octanol–water partition coefficient (Wildman–Crippen LogP) is 3.55. The SMILES string of the molecule is O=C(N[C@H]1C2CC3CC1C[C@@](O)(C3)C2)c1ccc(N2C[C@@H]3C(C(=O)O)[C@@H]3C2)nc1SC1CCCC1. The molecule has 1 amide bonds. The molecule has 3 N–H and O–H groups in total. The number of carbonyl (C=O) groups excluding carboxylic acids is 1. The molecule has 7 nitrogen and oxygen atoms in total. The molecule has 2 heterocycles. The van der Waals surface area contributed by atoms with Gasteiger partial charge in [-0.1, -0.05) is 12.8 Å². The molecule has 188 valence electrons. The minimum atomic E-state index is -0.672. The van der Waals surface area contributed by atoms with Gasteiger partial charge in [-0.05, 0) is 86.7 Å². The molecule has 1 aliphatic heterocycles. The number of aliphatic carboxylic acids is 1. The van der Waals surface area contributed by atoms with Crippen molar-refractivity contribution < 1.29 is 19.8 Å². The van der Waals surface area contributed by atoms with Crippen LogP contribution < -0.4 is 10.2 Å². The maximum absolute atomic E-state index is 13.6. The number of rotatable bonds is 6. The first kappa shape index (κ1) is 22.4. The summed E-state index contributed by atoms with van der Waals surface area (Å²) in [6.07, 6.45) is 9.64. The van der Waals surface area contributed by atoms with Crippen LogP contribution in [0.25, 0.3) is 0 Å². The number of piperidine rings is 1. The fourth-order valence-electron chi connectivity index (χ4n) is 8.56. The van der Waals surface area contributed by atoms with E-state index in [-0.39, 0.29) is 29.7 Å². The fraction of sp³-hybridized carbons (Fsp3) is 0.741. The lowest BCUT2D eigenvalue weighted by Gasteiger charge is -2.58. The number of carboxylic acids is 1. The Bertz CT molecular complexity index is 1030. The molecule has 7 fully saturated rings. The topological polar surface area (TPSA) is 103 Å². The smallest absolute Gasteiger partial charge is 0.307 e. The average Bonchev–Trinajstić information content (AvgIpc) is 3.14. The zero-order valence-electron chi connectivity index (χ0n) is 20.1. The number of aromatic nitrogens is 1. The number of nitrogens with zero attached hydrogens (tertiary/aromatic N) is 2. The van der Waals surface area contributed by atoms with E-state index < -0.39 is 11.6 Å². The van der Waals surface area contributed by atoms with Crippen LogP contribution in [0.15, 0.2) is 17.2 Å². The molecule has 0 spiro atoms. The van der Waals surface area contributed by atoms with Crippen molar-refractivity contribution >= 4 is 29.5 Å². The minimum absolute atomic E-state index is 0.0239. The highest BCUT2D eigenvalue weighted by atomic mass is 32.2. The molecule has 6 aliphatic carbocycles. The van der Waals surface area contributed by atoms with E-state index in [2.05, 4.69) is 10.2 Å². The zero-order valence-corrected chi connectivity index (χ0v) is 20.9. The number of anilines is 1. The van der Waals surface area contributed by atoms with Gasteiger partial charge in [0.1, 0.15) is 10.8 Å². The highest BCUT2D eigenvalue weighted by molar-refractivity contribution is 7.99. The summed E-state index contributed by atoms with van der Waals surface area (Å²) < 4.78 is 0. The Labute approximate surface area is 210 Å². The van der Waals surface area contributed by atoms with Crippen LogP contribution in [0.5, 0.6) is 0 Å². The number of amides is 1. The van der Waals surface area contributed by atoms with Crippen LogP contribution >= 0.6 is 11.8 Å². The first-order chi connectivity index (χ1) is 16.9. The molecule has 3 unspecified atom stereocenters. The van der Waals surface area contributed by atoms with Gasteiger partial charge in [0.2, 0.25) is 0 Å². The van der Waals surface area contributed by atoms with Gasteiger partial charge in [-0.2, -0.15) is 0 Å². The third kappa shape index (κ3) is 3.86. The van der Waals surface area contributed by atoms with E-state index in [0.717, 1.165) is 56.0 Å². The van der Waals surface area contributed by atoms with Crippen LogP contribution in [0, 0.1) is 35.5 Å². The molecule has 1 saturated heterocycles. The molecule has 35 heavy (non-hydrogen) atoms. The lowest BCUT2D eigenvalue weighted by Crippen LogP contribution is -2.61. The van der Waals surface area contributed by atoms with E-state index in [1.807, 2.05) is 12.1 Å². The van der Waals surface area contributed by atoms with Crippen LogP contribution in [0.4, 0.5) is 5.82 Å². The lowest BCUT2D eigenvalue weighted by molar-refractivity contribution is -0.139. The van der Waals surface area contributed by atoms with Gasteiger partial charge in [0.15, 0.2) is 0 Å². The number of aliphatic hydroxyl groups is 1. The molecule has 5 atom stereocenters. The van der Waals surface area contributed by atoms with Gasteiger partial charge in [-0.25, -0.2) is 4.98 Å². The maximum Gasteiger partial charge on any atom is 0.307 e. The van der Waals surface area contributed by atoms with Gasteiger partial charge in [0.25, 0.3) is 5.91 Å². The van der Waals surface area contributed by atoms with E-state index in [0.29, 0.717) is 28.6 Å². The minimum Gasteiger partial charge on any atom is -0.481 e. The van der Waals surface area contributed by atoms with Crippen LogP contribution in [0.3, 0.4) is 0 Å². The molecular weight excluding hydrogens is 462 g/mol. The number of carboxylic acid groups (broad SMARTS) is 1. The molecule has 0 radical (unpaired) electrons. The van der Waals surface area contributed by atoms with Gasteiger partial charge in [0, 0.05) is 24.4 Å². The normalized spacial score (nSPS) is 41.3. The van der Waals surface area contributed by atoms with Gasteiger partial charge >= 0.3 is 5.97 Å². The second-order valence-corrected chi connectivity index (χ2v) is 13.6. The lowest BCUT2D eigenvalue weighted by atomic mass is 9.52. The number of nitrogens with one attached hydrogen (secondary N) is 1. The predicted molar refractivity (Wildman–Crippen MR) is 132 cm³/mol. The van der Waals surface area contributed by atoms with Crippen molar-refractivity contribution in [3.8, 4) is 0 Å². The largest absolute Gasteiger partial charge is 0.481 e. The molecule has 7 aliphatic rings. The molecule has 1 aromatic rings. The Balaban J connectivity index is 1.11. The molecule has 8 heteroatoms. The average molecular weight is 498 g/mol. The van der Waals surface area contributed by atoms with E-state index >= 15 is 0 Å². The van der Waals surface area contributed by atoms with E-state index in [1.165, 1.54) is 25.7 Å². The summed E-state index contributed by atoms with van der Waals surface area (Å²) in [4.78, 5) is 32.2. The highest BCUT2D eigenvalue weighted by Crippen LogP contribution is 2.56. The van der Waals surface area contributed by atoms with Crippen molar-refractivity contribution in [3.05, 3.63) is 17.7 Å². The molecule has 8 rings (SSSR count). The summed E-state index contributed by atoms with van der Waals surface area (Å²) in [7, 11) is 0. The third-order valence-corrected chi connectivity index (χ3v) is 11.4. The van der Waals surface area contributed by atoms with Gasteiger partial charge in [0.05, 0.1) is 17.1 Å². The van der Waals surface area contributed by atoms with Crippen molar-refractivity contribution in [3.63, 3.8) is 0 Å². The number of carbonyl (C=O) groups is 2. The Morgan fingerprint density at radius 3 is 2.37 bits per heavy atom. The van der Waals surface area contributed by atoms with Crippen LogP contribution in [0.2, 0.25) is 0 Å². The van der Waals surface area contributed by atoms with Gasteiger partial charge in [-0.3, -0.25) is 9.59 Å². The van der Waals surface area contributed by atoms with E-state index in [4.69, 9.17) is 4.98 Å². The summed E-state index contributed by atoms with van der Waals surface area (Å²) in [5.74, 6) is 1.83. The monoisotopic (exact) mass is 497 g/mol. The number of pyridine rings is 1. The molecule has 0 aromatic carbocycles. The second-order valence-electron chi connectivity index (χ2n) is 12.3. The molecule has 1 aromatic heterocycles. The van der Waals surface area contributed by atoms with Crippen LogP contribution in [-0.4, -0.2) is 57.1 Å². The highest BCUT2D eigenvalue weighted by Gasteiger charge is 2.60. The number of fused-ring (bicyclic) bond motifs is 1. The number of thioether (sulfide) groups is 1. The third-order valence-electron chi connectivity index (χ3n) is 10.0. The van der Waals surface area contributed by atoms with E-state index in [9.17, 15) is 19.8 Å². The Hall–Kier alpha value is -1.80. The van der Waals surface area contributed by atoms with Crippen molar-refractivity contribution in [2.45, 2.75) is 79.7 Å². The summed E-state index contributed by atoms with van der Waals surface area (Å²) in [5.41, 5.74) is 0.173. The molecule has 6 saturated carbocycles. The Kier molecular flexibility index (Phi) is 5.19. The zero-order chi connectivity index (χ0) is 23.9. The van der Waals surface area contributed by atoms with Gasteiger partial charge < -0.3 is 20.4 Å². The van der Waals surface area contributed by atoms with Crippen LogP contribution in [0.1, 0.15) is 68.1 Å². The second kappa shape index (κ2) is 8.10. The maximum atomic E-state index is 13.6. The van der Waals surface area contributed by atoms with Gasteiger partial charge in [-0.15, -0.1) is 11.8 Å². The summed E-state index contributed by atoms with van der Waals surface area (Å²) in [6, 6.07) is 4.05. The van der Waals surface area contributed by atoms with Crippen LogP contribution in [-0.2, 0) is 4.79 Å². The van der Waals surface area contributed by atoms with Crippen molar-refractivity contribution in [1.29, 1.82) is 0 Å². The fourth-order valence-corrected chi connectivity index (χ4v) is 9.88. The summed E-state index contributed by atoms with van der Waals surface area (Å²) >= 11 is 1.75. The first-order valence-electron chi connectivity index (χ1n) is 13.6. The van der Waals surface area contributed by atoms with Crippen molar-refractivity contribution in [2.24, 2.45) is 35.5 Å². The first-order valence-corrected chi connectivity index (χ1v) is 14.4. The quantitative estimate of drug-likeness (QED) is 0.552.